The maximum Gasteiger partial charge on any atom is 0.225 e. The number of nitrogens with two attached hydrogens (primary N) is 3. The maximum absolute atomic E-state index is 5.52. The quantitative estimate of drug-likeness (QED) is 0.440. The van der Waals surface area contributed by atoms with Crippen molar-refractivity contribution in [3.05, 3.63) is 35.7 Å². The van der Waals surface area contributed by atoms with E-state index in [4.69, 9.17) is 17.2 Å². The first-order chi connectivity index (χ1) is 8.65. The van der Waals surface area contributed by atoms with Crippen LogP contribution < -0.4 is 29.6 Å². The summed E-state index contributed by atoms with van der Waals surface area (Å²) in [4.78, 5) is 11.9. The van der Waals surface area contributed by atoms with Crippen molar-refractivity contribution in [2.45, 2.75) is 0 Å². The van der Waals surface area contributed by atoms with E-state index in [1.165, 1.54) is 11.3 Å². The monoisotopic (exact) mass is 295 g/mol. The Morgan fingerprint density at radius 2 is 1.79 bits per heavy atom. The zero-order valence-electron chi connectivity index (χ0n) is 9.82. The standard InChI is InChI=1S/C11H12N6S.ClH/c12-9(13)16-10(14)17-11-15-8(6-18-11)7-4-2-1-3-5-7;/h1-6H,(H6,12,13,14,15,16,17);1H/p-1. The Hall–Kier alpha value is -2.12. The van der Waals surface area contributed by atoms with Crippen LogP contribution in [0, 0.1) is 0 Å². The number of rotatable bonds is 2. The lowest BCUT2D eigenvalue weighted by molar-refractivity contribution is -0.00000420. The molecule has 6 nitrogen and oxygen atoms in total. The van der Waals surface area contributed by atoms with Gasteiger partial charge >= 0.3 is 0 Å². The second kappa shape index (κ2) is 6.72. The minimum absolute atomic E-state index is 0. The van der Waals surface area contributed by atoms with Gasteiger partial charge in [-0.05, 0) is 0 Å². The van der Waals surface area contributed by atoms with Crippen molar-refractivity contribution in [1.29, 1.82) is 0 Å². The second-order valence-electron chi connectivity index (χ2n) is 3.39. The van der Waals surface area contributed by atoms with Gasteiger partial charge in [-0.3, -0.25) is 0 Å². The van der Waals surface area contributed by atoms with Crippen LogP contribution in [-0.2, 0) is 0 Å². The molecule has 0 bridgehead atoms. The number of guanidine groups is 2. The highest BCUT2D eigenvalue weighted by Gasteiger charge is 2.03. The summed E-state index contributed by atoms with van der Waals surface area (Å²) in [6.07, 6.45) is 0. The Bertz CT molecular complexity index is 588. The molecule has 1 aromatic heterocycles. The van der Waals surface area contributed by atoms with Gasteiger partial charge in [0.25, 0.3) is 0 Å². The molecule has 19 heavy (non-hydrogen) atoms. The molecular formula is C11H12ClN6S-. The molecule has 100 valence electrons. The number of hydrogen-bond donors (Lipinski definition) is 3. The van der Waals surface area contributed by atoms with E-state index < -0.39 is 0 Å². The number of halogens is 1. The van der Waals surface area contributed by atoms with Crippen LogP contribution in [0.2, 0.25) is 0 Å². The van der Waals surface area contributed by atoms with Gasteiger partial charge in [-0.25, -0.2) is 4.98 Å². The van der Waals surface area contributed by atoms with Crippen LogP contribution in [0.3, 0.4) is 0 Å². The minimum Gasteiger partial charge on any atom is -1.00 e. The molecule has 0 aliphatic heterocycles. The molecule has 0 radical (unpaired) electrons. The zero-order valence-corrected chi connectivity index (χ0v) is 11.4. The Morgan fingerprint density at radius 3 is 2.42 bits per heavy atom. The summed E-state index contributed by atoms with van der Waals surface area (Å²) in [6.45, 7) is 0. The van der Waals surface area contributed by atoms with Crippen molar-refractivity contribution in [3.63, 3.8) is 0 Å². The Balaban J connectivity index is 0.00000180. The molecule has 0 saturated carbocycles. The predicted molar refractivity (Wildman–Crippen MR) is 74.6 cm³/mol. The zero-order chi connectivity index (χ0) is 13.0. The smallest absolute Gasteiger partial charge is 0.225 e. The van der Waals surface area contributed by atoms with E-state index in [2.05, 4.69) is 15.0 Å². The first-order valence-corrected chi connectivity index (χ1v) is 5.98. The predicted octanol–water partition coefficient (Wildman–Crippen LogP) is -1.97. The minimum atomic E-state index is -0.129. The normalized spacial score (nSPS) is 10.6. The van der Waals surface area contributed by atoms with E-state index in [0.717, 1.165) is 11.3 Å². The maximum atomic E-state index is 5.52. The van der Waals surface area contributed by atoms with Gasteiger partial charge in [0.05, 0.1) is 5.69 Å². The van der Waals surface area contributed by atoms with Crippen LogP contribution >= 0.6 is 11.3 Å². The molecule has 0 unspecified atom stereocenters. The van der Waals surface area contributed by atoms with Crippen LogP contribution in [0.5, 0.6) is 0 Å². The van der Waals surface area contributed by atoms with Crippen LogP contribution in [0.15, 0.2) is 45.7 Å². The molecule has 6 N–H and O–H groups in total. The fraction of sp³-hybridized carbons (Fsp3) is 0. The molecule has 0 atom stereocenters. The third-order valence-corrected chi connectivity index (χ3v) is 2.75. The number of benzene rings is 1. The summed E-state index contributed by atoms with van der Waals surface area (Å²) in [6, 6.07) is 9.80. The summed E-state index contributed by atoms with van der Waals surface area (Å²) in [7, 11) is 0. The first-order valence-electron chi connectivity index (χ1n) is 5.10. The molecule has 0 fully saturated rings. The summed E-state index contributed by atoms with van der Waals surface area (Å²) >= 11 is 1.37. The van der Waals surface area contributed by atoms with Gasteiger partial charge < -0.3 is 29.6 Å². The topological polar surface area (TPSA) is 116 Å². The molecule has 8 heteroatoms. The average molecular weight is 296 g/mol. The van der Waals surface area contributed by atoms with Gasteiger partial charge in [0.2, 0.25) is 11.1 Å². The molecule has 0 amide bonds. The van der Waals surface area contributed by atoms with Crippen molar-refractivity contribution in [2.75, 3.05) is 0 Å². The summed E-state index contributed by atoms with van der Waals surface area (Å²) < 4.78 is 0. The largest absolute Gasteiger partial charge is 1.00 e. The summed E-state index contributed by atoms with van der Waals surface area (Å²) in [5.74, 6) is -0.139. The lowest BCUT2D eigenvalue weighted by Crippen LogP contribution is -3.00. The van der Waals surface area contributed by atoms with Crippen molar-refractivity contribution >= 4 is 28.4 Å². The fourth-order valence-electron chi connectivity index (χ4n) is 1.31. The third kappa shape index (κ3) is 4.23. The van der Waals surface area contributed by atoms with Crippen molar-refractivity contribution < 1.29 is 12.4 Å². The van der Waals surface area contributed by atoms with Crippen LogP contribution in [0.1, 0.15) is 0 Å². The molecule has 0 aliphatic rings. The summed E-state index contributed by atoms with van der Waals surface area (Å²) in [5.41, 5.74) is 17.8. The average Bonchev–Trinajstić information content (AvgIpc) is 2.77. The third-order valence-electron chi connectivity index (χ3n) is 2.02. The molecule has 1 heterocycles. The van der Waals surface area contributed by atoms with E-state index in [-0.39, 0.29) is 24.3 Å². The van der Waals surface area contributed by atoms with E-state index >= 15 is 0 Å². The molecule has 0 saturated heterocycles. The number of thiazole rings is 1. The number of hydrogen-bond acceptors (Lipinski definition) is 3. The van der Waals surface area contributed by atoms with Crippen LogP contribution in [-0.4, -0.2) is 16.9 Å². The van der Waals surface area contributed by atoms with E-state index in [0.29, 0.717) is 5.13 Å². The van der Waals surface area contributed by atoms with Gasteiger partial charge in [0.15, 0.2) is 5.96 Å². The fourth-order valence-corrected chi connectivity index (χ4v) is 2.02. The first kappa shape index (κ1) is 14.9. The van der Waals surface area contributed by atoms with Crippen LogP contribution in [0.25, 0.3) is 11.3 Å². The van der Waals surface area contributed by atoms with Crippen molar-refractivity contribution in [1.82, 2.24) is 4.98 Å². The molecule has 2 rings (SSSR count). The molecule has 0 aliphatic carbocycles. The van der Waals surface area contributed by atoms with Crippen LogP contribution in [0.4, 0.5) is 5.13 Å². The van der Waals surface area contributed by atoms with Crippen molar-refractivity contribution in [3.8, 4) is 11.3 Å². The number of aliphatic imine (C=N–C) groups is 2. The molecular weight excluding hydrogens is 284 g/mol. The lowest BCUT2D eigenvalue weighted by Gasteiger charge is -1.94. The van der Waals surface area contributed by atoms with E-state index in [1.54, 1.807) is 0 Å². The summed E-state index contributed by atoms with van der Waals surface area (Å²) in [5, 5.41) is 2.41. The molecule has 1 aromatic carbocycles. The van der Waals surface area contributed by atoms with Gasteiger partial charge in [0.1, 0.15) is 0 Å². The number of aromatic nitrogens is 1. The van der Waals surface area contributed by atoms with Gasteiger partial charge in [-0.15, -0.1) is 11.3 Å². The van der Waals surface area contributed by atoms with Gasteiger partial charge in [-0.1, -0.05) is 30.3 Å². The van der Waals surface area contributed by atoms with E-state index in [9.17, 15) is 0 Å². The Labute approximate surface area is 120 Å². The highest BCUT2D eigenvalue weighted by Crippen LogP contribution is 2.26. The Kier molecular flexibility index (Phi) is 5.28. The SMILES string of the molecule is NC(N)=N/C(N)=N/c1nc(-c2ccccc2)cs1.[Cl-]. The lowest BCUT2D eigenvalue weighted by atomic mass is 10.2. The second-order valence-corrected chi connectivity index (χ2v) is 4.22. The van der Waals surface area contributed by atoms with E-state index in [1.807, 2.05) is 35.7 Å². The van der Waals surface area contributed by atoms with Crippen molar-refractivity contribution in [2.24, 2.45) is 27.2 Å². The van der Waals surface area contributed by atoms with Gasteiger partial charge in [-0.2, -0.15) is 9.98 Å². The number of nitrogens with zero attached hydrogens (tertiary/aromatic N) is 3. The van der Waals surface area contributed by atoms with Gasteiger partial charge in [0, 0.05) is 10.9 Å². The molecule has 0 spiro atoms. The molecule has 2 aromatic rings. The highest BCUT2D eigenvalue weighted by molar-refractivity contribution is 7.13. The highest BCUT2D eigenvalue weighted by atomic mass is 35.5. The Morgan fingerprint density at radius 1 is 1.11 bits per heavy atom.